The highest BCUT2D eigenvalue weighted by Gasteiger charge is 2.55. The van der Waals surface area contributed by atoms with E-state index in [9.17, 15) is 4.79 Å². The van der Waals surface area contributed by atoms with Crippen molar-refractivity contribution in [1.82, 2.24) is 0 Å². The van der Waals surface area contributed by atoms with Crippen molar-refractivity contribution in [3.8, 4) is 5.75 Å². The summed E-state index contributed by atoms with van der Waals surface area (Å²) in [6.07, 6.45) is 0.727. The summed E-state index contributed by atoms with van der Waals surface area (Å²) in [4.78, 5) is 14.7. The molecule has 5 heteroatoms. The van der Waals surface area contributed by atoms with Gasteiger partial charge < -0.3 is 19.1 Å². The molecule has 0 bridgehead atoms. The van der Waals surface area contributed by atoms with E-state index >= 15 is 0 Å². The molecule has 1 saturated heterocycles. The summed E-state index contributed by atoms with van der Waals surface area (Å²) in [6, 6.07) is 15.6. The first kappa shape index (κ1) is 16.1. The molecule has 25 heavy (non-hydrogen) atoms. The van der Waals surface area contributed by atoms with Crippen molar-refractivity contribution in [3.63, 3.8) is 0 Å². The summed E-state index contributed by atoms with van der Waals surface area (Å²) in [5.74, 6) is -0.496. The lowest BCUT2D eigenvalue weighted by Gasteiger charge is -2.22. The van der Waals surface area contributed by atoms with E-state index in [4.69, 9.17) is 14.2 Å². The van der Waals surface area contributed by atoms with Gasteiger partial charge in [0.2, 0.25) is 0 Å². The molecule has 0 aromatic heterocycles. The Morgan fingerprint density at radius 2 is 1.80 bits per heavy atom. The second-order valence-corrected chi connectivity index (χ2v) is 6.25. The van der Waals surface area contributed by atoms with Crippen molar-refractivity contribution >= 4 is 11.6 Å². The number of ether oxygens (including phenoxy) is 3. The average Bonchev–Trinajstić information content (AvgIpc) is 3.21. The van der Waals surface area contributed by atoms with Crippen LogP contribution >= 0.6 is 0 Å². The molecular weight excluding hydrogens is 318 g/mol. The van der Waals surface area contributed by atoms with E-state index in [1.807, 2.05) is 55.5 Å². The molecule has 1 fully saturated rings. The molecule has 0 saturated carbocycles. The Kier molecular flexibility index (Phi) is 4.19. The van der Waals surface area contributed by atoms with E-state index in [1.165, 1.54) is 0 Å². The van der Waals surface area contributed by atoms with Crippen molar-refractivity contribution in [3.05, 3.63) is 59.7 Å². The molecule has 0 aliphatic carbocycles. The number of rotatable bonds is 5. The molecule has 0 unspecified atom stereocenters. The predicted molar refractivity (Wildman–Crippen MR) is 93.7 cm³/mol. The van der Waals surface area contributed by atoms with Crippen molar-refractivity contribution < 1.29 is 19.0 Å². The minimum atomic E-state index is -1.24. The summed E-state index contributed by atoms with van der Waals surface area (Å²) in [5.41, 5.74) is 2.78. The third-order valence-electron chi connectivity index (χ3n) is 4.65. The Bertz CT molecular complexity index is 783. The fourth-order valence-electron chi connectivity index (χ4n) is 3.43. The largest absolute Gasteiger partial charge is 0.493 e. The molecule has 2 aliphatic heterocycles. The number of para-hydroxylation sites is 2. The molecular formula is C20H21NO4. The number of carbonyl (C=O) groups excluding carboxylic acids is 1. The van der Waals surface area contributed by atoms with Gasteiger partial charge in [0.1, 0.15) is 5.75 Å². The second kappa shape index (κ2) is 6.50. The Morgan fingerprint density at radius 3 is 2.60 bits per heavy atom. The van der Waals surface area contributed by atoms with Crippen LogP contribution < -0.4 is 9.64 Å². The zero-order chi connectivity index (χ0) is 17.3. The number of anilines is 1. The van der Waals surface area contributed by atoms with Gasteiger partial charge in [0.05, 0.1) is 25.5 Å². The number of amides is 1. The third kappa shape index (κ3) is 2.69. The van der Waals surface area contributed by atoms with Crippen LogP contribution in [0.5, 0.6) is 5.75 Å². The van der Waals surface area contributed by atoms with Gasteiger partial charge in [0.15, 0.2) is 0 Å². The Morgan fingerprint density at radius 1 is 1.08 bits per heavy atom. The maximum Gasteiger partial charge on any atom is 0.292 e. The summed E-state index contributed by atoms with van der Waals surface area (Å²) in [7, 11) is 0. The molecule has 2 aromatic rings. The van der Waals surface area contributed by atoms with Gasteiger partial charge >= 0.3 is 0 Å². The van der Waals surface area contributed by atoms with Gasteiger partial charge in [-0.2, -0.15) is 0 Å². The average molecular weight is 339 g/mol. The number of benzene rings is 2. The van der Waals surface area contributed by atoms with E-state index in [-0.39, 0.29) is 5.91 Å². The van der Waals surface area contributed by atoms with Crippen molar-refractivity contribution in [1.29, 1.82) is 0 Å². The molecule has 2 aliphatic rings. The lowest BCUT2D eigenvalue weighted by atomic mass is 10.1. The zero-order valence-electron chi connectivity index (χ0n) is 14.2. The van der Waals surface area contributed by atoms with Crippen molar-refractivity contribution in [2.24, 2.45) is 0 Å². The highest BCUT2D eigenvalue weighted by atomic mass is 16.7. The van der Waals surface area contributed by atoms with Crippen LogP contribution in [0.3, 0.4) is 0 Å². The predicted octanol–water partition coefficient (Wildman–Crippen LogP) is 3.01. The summed E-state index contributed by atoms with van der Waals surface area (Å²) in [6.45, 7) is 4.00. The lowest BCUT2D eigenvalue weighted by molar-refractivity contribution is -0.180. The third-order valence-corrected chi connectivity index (χ3v) is 4.65. The molecule has 0 atom stereocenters. The first-order valence-corrected chi connectivity index (χ1v) is 8.60. The van der Waals surface area contributed by atoms with E-state index in [0.717, 1.165) is 29.0 Å². The smallest absolute Gasteiger partial charge is 0.292 e. The summed E-state index contributed by atoms with van der Waals surface area (Å²) < 4.78 is 17.3. The fraction of sp³-hybridized carbons (Fsp3) is 0.350. The SMILES string of the molecule is Cc1ccccc1OCCCN1C(=O)C2(OCCO2)c2ccccc21. The van der Waals surface area contributed by atoms with Gasteiger partial charge in [-0.25, -0.2) is 0 Å². The monoisotopic (exact) mass is 339 g/mol. The van der Waals surface area contributed by atoms with E-state index in [2.05, 4.69) is 0 Å². The molecule has 2 heterocycles. The molecule has 2 aromatic carbocycles. The second-order valence-electron chi connectivity index (χ2n) is 6.25. The lowest BCUT2D eigenvalue weighted by Crippen LogP contribution is -2.41. The Balaban J connectivity index is 1.44. The van der Waals surface area contributed by atoms with Crippen molar-refractivity contribution in [2.75, 3.05) is 31.3 Å². The van der Waals surface area contributed by atoms with Crippen molar-refractivity contribution in [2.45, 2.75) is 19.1 Å². The van der Waals surface area contributed by atoms with Gasteiger partial charge in [0, 0.05) is 12.1 Å². The number of fused-ring (bicyclic) bond motifs is 2. The number of hydrogen-bond acceptors (Lipinski definition) is 4. The van der Waals surface area contributed by atoms with E-state index in [0.29, 0.717) is 26.4 Å². The molecule has 0 radical (unpaired) electrons. The zero-order valence-corrected chi connectivity index (χ0v) is 14.2. The quantitative estimate of drug-likeness (QED) is 0.786. The normalized spacial score (nSPS) is 18.0. The van der Waals surface area contributed by atoms with Crippen LogP contribution in [0, 0.1) is 6.92 Å². The number of carbonyl (C=O) groups is 1. The van der Waals surface area contributed by atoms with Crippen LogP contribution in [0.1, 0.15) is 17.5 Å². The number of nitrogens with zero attached hydrogens (tertiary/aromatic N) is 1. The first-order valence-electron chi connectivity index (χ1n) is 8.60. The van der Waals surface area contributed by atoms with Gasteiger partial charge in [-0.05, 0) is 31.0 Å². The highest BCUT2D eigenvalue weighted by molar-refractivity contribution is 6.06. The van der Waals surface area contributed by atoms with Crippen LogP contribution in [-0.4, -0.2) is 32.3 Å². The van der Waals surface area contributed by atoms with E-state index in [1.54, 1.807) is 4.90 Å². The fourth-order valence-corrected chi connectivity index (χ4v) is 3.43. The minimum absolute atomic E-state index is 0.137. The topological polar surface area (TPSA) is 48.0 Å². The number of hydrogen-bond donors (Lipinski definition) is 0. The van der Waals surface area contributed by atoms with Gasteiger partial charge in [0.25, 0.3) is 11.7 Å². The van der Waals surface area contributed by atoms with Crippen LogP contribution in [-0.2, 0) is 20.1 Å². The molecule has 0 N–H and O–H groups in total. The van der Waals surface area contributed by atoms with Gasteiger partial charge in [-0.1, -0.05) is 36.4 Å². The highest BCUT2D eigenvalue weighted by Crippen LogP contribution is 2.45. The molecule has 4 rings (SSSR count). The van der Waals surface area contributed by atoms with Crippen LogP contribution in [0.25, 0.3) is 0 Å². The minimum Gasteiger partial charge on any atom is -0.493 e. The summed E-state index contributed by atoms with van der Waals surface area (Å²) in [5, 5.41) is 0. The summed E-state index contributed by atoms with van der Waals surface area (Å²) >= 11 is 0. The van der Waals surface area contributed by atoms with Crippen LogP contribution in [0.15, 0.2) is 48.5 Å². The van der Waals surface area contributed by atoms with Crippen LogP contribution in [0.4, 0.5) is 5.69 Å². The van der Waals surface area contributed by atoms with Crippen LogP contribution in [0.2, 0.25) is 0 Å². The standard InChI is InChI=1S/C20H21NO4/c1-15-7-2-5-10-18(15)23-12-6-11-21-17-9-4-3-8-16(17)20(19(21)22)24-13-14-25-20/h2-5,7-10H,6,11-14H2,1H3. The Hall–Kier alpha value is -2.37. The van der Waals surface area contributed by atoms with Gasteiger partial charge in [-0.15, -0.1) is 0 Å². The maximum atomic E-state index is 12.9. The Labute approximate surface area is 147 Å². The molecule has 130 valence electrons. The molecule has 1 amide bonds. The van der Waals surface area contributed by atoms with E-state index < -0.39 is 5.79 Å². The molecule has 5 nitrogen and oxygen atoms in total. The number of aryl methyl sites for hydroxylation is 1. The molecule has 1 spiro atoms. The first-order chi connectivity index (χ1) is 12.2. The van der Waals surface area contributed by atoms with Gasteiger partial charge in [-0.3, -0.25) is 4.79 Å². The maximum absolute atomic E-state index is 12.9.